The van der Waals surface area contributed by atoms with Crippen LogP contribution in [0.15, 0.2) is 249 Å². The summed E-state index contributed by atoms with van der Waals surface area (Å²) >= 11 is 0. The zero-order chi connectivity index (χ0) is 42.6. The minimum absolute atomic E-state index is 0.209. The molecule has 0 bridgehead atoms. The van der Waals surface area contributed by atoms with Crippen molar-refractivity contribution in [3.05, 3.63) is 272 Å². The average Bonchev–Trinajstić information content (AvgIpc) is 3.61. The van der Waals surface area contributed by atoms with Gasteiger partial charge in [0.1, 0.15) is 0 Å². The fourth-order valence-corrected chi connectivity index (χ4v) is 9.85. The second-order valence-corrected chi connectivity index (χ2v) is 16.7. The first kappa shape index (κ1) is 39.5. The number of benzene rings is 8. The molecule has 8 aromatic carbocycles. The van der Waals surface area contributed by atoms with Crippen molar-refractivity contribution in [2.45, 2.75) is 24.7 Å². The highest BCUT2D eigenvalue weighted by Crippen LogP contribution is 2.55. The van der Waals surface area contributed by atoms with Gasteiger partial charge in [-0.25, -0.2) is 0 Å². The molecule has 0 heterocycles. The van der Waals surface area contributed by atoms with Crippen LogP contribution in [0.5, 0.6) is 0 Å². The lowest BCUT2D eigenvalue weighted by Crippen LogP contribution is -2.31. The Bertz CT molecular complexity index is 2890. The summed E-state index contributed by atoms with van der Waals surface area (Å²) in [4.78, 5) is 4.64. The SMILES string of the molecule is C=CC1=CCC(CC2(Cc3ccc(C=C)cc3)c3ccccc3-c3ccc(-c4ccc(N(c5ccccc5)c5ccc(N(c6ccccc6)c6ccccc6)cc5)cc4)cc32)C=C1. The van der Waals surface area contributed by atoms with E-state index in [0.29, 0.717) is 5.92 Å². The van der Waals surface area contributed by atoms with E-state index in [2.05, 4.69) is 247 Å². The summed E-state index contributed by atoms with van der Waals surface area (Å²) in [6.07, 6.45) is 13.8. The van der Waals surface area contributed by atoms with Crippen molar-refractivity contribution in [1.82, 2.24) is 0 Å². The molecule has 0 aliphatic heterocycles. The van der Waals surface area contributed by atoms with Gasteiger partial charge in [-0.15, -0.1) is 0 Å². The Hall–Kier alpha value is -7.68. The maximum Gasteiger partial charge on any atom is 0.0463 e. The Labute approximate surface area is 372 Å². The molecule has 0 aromatic heterocycles. The molecule has 8 aromatic rings. The van der Waals surface area contributed by atoms with Crippen LogP contribution in [0.25, 0.3) is 28.3 Å². The number of para-hydroxylation sites is 3. The fraction of sp³-hybridized carbons (Fsp3) is 0.0820. The van der Waals surface area contributed by atoms with Crippen molar-refractivity contribution in [1.29, 1.82) is 0 Å². The maximum absolute atomic E-state index is 4.04. The number of allylic oxidation sites excluding steroid dienone is 5. The van der Waals surface area contributed by atoms with Crippen molar-refractivity contribution >= 4 is 40.2 Å². The molecule has 304 valence electrons. The average molecular weight is 811 g/mol. The molecular weight excluding hydrogens is 761 g/mol. The number of nitrogens with zero attached hydrogens (tertiary/aromatic N) is 2. The third-order valence-corrected chi connectivity index (χ3v) is 12.9. The highest BCUT2D eigenvalue weighted by Gasteiger charge is 2.44. The summed E-state index contributed by atoms with van der Waals surface area (Å²) in [5, 5.41) is 0. The zero-order valence-corrected chi connectivity index (χ0v) is 35.5. The van der Waals surface area contributed by atoms with E-state index in [1.54, 1.807) is 0 Å². The van der Waals surface area contributed by atoms with Crippen LogP contribution in [0.2, 0.25) is 0 Å². The van der Waals surface area contributed by atoms with Gasteiger partial charge in [-0.05, 0) is 154 Å². The van der Waals surface area contributed by atoms with Crippen molar-refractivity contribution in [2.75, 3.05) is 9.80 Å². The molecule has 63 heavy (non-hydrogen) atoms. The number of fused-ring (bicyclic) bond motifs is 3. The van der Waals surface area contributed by atoms with Gasteiger partial charge in [0.15, 0.2) is 0 Å². The van der Waals surface area contributed by atoms with Crippen LogP contribution in [-0.4, -0.2) is 0 Å². The van der Waals surface area contributed by atoms with Crippen LogP contribution >= 0.6 is 0 Å². The quantitative estimate of drug-likeness (QED) is 0.114. The molecule has 2 heteroatoms. The number of rotatable bonds is 13. The van der Waals surface area contributed by atoms with Gasteiger partial charge in [0.2, 0.25) is 0 Å². The van der Waals surface area contributed by atoms with Gasteiger partial charge in [0.25, 0.3) is 0 Å². The lowest BCUT2D eigenvalue weighted by atomic mass is 9.67. The Morgan fingerprint density at radius 2 is 0.968 bits per heavy atom. The third kappa shape index (κ3) is 7.77. The monoisotopic (exact) mass is 810 g/mol. The summed E-state index contributed by atoms with van der Waals surface area (Å²) < 4.78 is 0. The topological polar surface area (TPSA) is 6.48 Å². The molecule has 0 spiro atoms. The third-order valence-electron chi connectivity index (χ3n) is 12.9. The summed E-state index contributed by atoms with van der Waals surface area (Å²) in [6.45, 7) is 8.05. The van der Waals surface area contributed by atoms with E-state index in [4.69, 9.17) is 0 Å². The number of hydrogen-bond acceptors (Lipinski definition) is 2. The molecule has 2 aliphatic carbocycles. The standard InChI is InChI=1S/C61H50N2/c1-3-45-24-28-47(29-25-45)43-61(44-48-30-26-46(4-2)27-31-48)59-23-15-14-22-57(59)58-41-34-50(42-60(58)61)49-32-35-54(36-33-49)63(53-20-12-7-13-21-53)56-39-37-55(38-40-56)62(51-16-8-5-9-17-51)52-18-10-6-11-19-52/h3-30,32-42,48H,1-2,31,43-44H2. The maximum atomic E-state index is 4.04. The number of hydrogen-bond donors (Lipinski definition) is 0. The lowest BCUT2D eigenvalue weighted by Gasteiger charge is -2.36. The van der Waals surface area contributed by atoms with E-state index < -0.39 is 0 Å². The Morgan fingerprint density at radius 3 is 1.49 bits per heavy atom. The van der Waals surface area contributed by atoms with Crippen molar-refractivity contribution < 1.29 is 0 Å². The first-order valence-corrected chi connectivity index (χ1v) is 22.0. The predicted molar refractivity (Wildman–Crippen MR) is 268 cm³/mol. The minimum Gasteiger partial charge on any atom is -0.311 e. The number of anilines is 6. The molecule has 0 amide bonds. The fourth-order valence-electron chi connectivity index (χ4n) is 9.85. The van der Waals surface area contributed by atoms with Gasteiger partial charge in [-0.2, -0.15) is 0 Å². The van der Waals surface area contributed by atoms with E-state index in [-0.39, 0.29) is 5.41 Å². The van der Waals surface area contributed by atoms with E-state index in [1.807, 2.05) is 12.2 Å². The summed E-state index contributed by atoms with van der Waals surface area (Å²) in [5.41, 5.74) is 18.1. The second kappa shape index (κ2) is 17.4. The van der Waals surface area contributed by atoms with Crippen LogP contribution in [0.4, 0.5) is 34.1 Å². The lowest BCUT2D eigenvalue weighted by molar-refractivity contribution is 0.408. The summed E-state index contributed by atoms with van der Waals surface area (Å²) in [7, 11) is 0. The predicted octanol–water partition coefficient (Wildman–Crippen LogP) is 16.5. The Morgan fingerprint density at radius 1 is 0.476 bits per heavy atom. The molecule has 2 atom stereocenters. The Balaban J connectivity index is 1.02. The van der Waals surface area contributed by atoms with Gasteiger partial charge in [0, 0.05) is 39.5 Å². The van der Waals surface area contributed by atoms with Crippen molar-refractivity contribution in [3.63, 3.8) is 0 Å². The van der Waals surface area contributed by atoms with Crippen LogP contribution in [0, 0.1) is 5.92 Å². The molecule has 2 unspecified atom stereocenters. The molecule has 2 aliphatic rings. The molecule has 0 fully saturated rings. The summed E-state index contributed by atoms with van der Waals surface area (Å²) in [6, 6.07) is 75.1. The second-order valence-electron chi connectivity index (χ2n) is 16.7. The zero-order valence-electron chi connectivity index (χ0n) is 35.5. The van der Waals surface area contributed by atoms with Gasteiger partial charge < -0.3 is 9.80 Å². The van der Waals surface area contributed by atoms with Crippen molar-refractivity contribution in [3.8, 4) is 22.3 Å². The van der Waals surface area contributed by atoms with Crippen LogP contribution in [-0.2, 0) is 11.8 Å². The van der Waals surface area contributed by atoms with Gasteiger partial charge in [-0.1, -0.05) is 171 Å². The molecule has 2 nitrogen and oxygen atoms in total. The Kier molecular flexibility index (Phi) is 10.9. The molecule has 0 radical (unpaired) electrons. The van der Waals surface area contributed by atoms with Crippen LogP contribution in [0.3, 0.4) is 0 Å². The molecular formula is C61H50N2. The van der Waals surface area contributed by atoms with Crippen LogP contribution < -0.4 is 9.80 Å². The molecule has 0 saturated carbocycles. The highest BCUT2D eigenvalue weighted by atomic mass is 15.2. The largest absolute Gasteiger partial charge is 0.311 e. The molecule has 0 saturated heterocycles. The van der Waals surface area contributed by atoms with Gasteiger partial charge in [0.05, 0.1) is 0 Å². The minimum atomic E-state index is -0.209. The summed E-state index contributed by atoms with van der Waals surface area (Å²) in [5.74, 6) is 0.404. The first-order chi connectivity index (χ1) is 31.1. The smallest absolute Gasteiger partial charge is 0.0463 e. The molecule has 10 rings (SSSR count). The van der Waals surface area contributed by atoms with Crippen molar-refractivity contribution in [2.24, 2.45) is 5.92 Å². The van der Waals surface area contributed by atoms with Crippen LogP contribution in [0.1, 0.15) is 35.1 Å². The molecule has 0 N–H and O–H groups in total. The van der Waals surface area contributed by atoms with Gasteiger partial charge in [-0.3, -0.25) is 0 Å². The highest BCUT2D eigenvalue weighted by molar-refractivity contribution is 5.86. The van der Waals surface area contributed by atoms with E-state index in [0.717, 1.165) is 59.0 Å². The first-order valence-electron chi connectivity index (χ1n) is 22.0. The van der Waals surface area contributed by atoms with E-state index >= 15 is 0 Å². The normalized spacial score (nSPS) is 16.1. The van der Waals surface area contributed by atoms with E-state index in [1.165, 1.54) is 44.5 Å². The van der Waals surface area contributed by atoms with Gasteiger partial charge >= 0.3 is 0 Å². The van der Waals surface area contributed by atoms with E-state index in [9.17, 15) is 0 Å².